The number of hydrogen-bond donors (Lipinski definition) is 2. The molecule has 47 heavy (non-hydrogen) atoms. The van der Waals surface area contributed by atoms with Crippen LogP contribution in [0.4, 0.5) is 0 Å². The highest BCUT2D eigenvalue weighted by molar-refractivity contribution is 7.92. The van der Waals surface area contributed by atoms with Crippen LogP contribution in [-0.2, 0) is 54.6 Å². The second-order valence-electron chi connectivity index (χ2n) is 14.0. The third-order valence-electron chi connectivity index (χ3n) is 7.95. The predicted molar refractivity (Wildman–Crippen MR) is 173 cm³/mol. The Labute approximate surface area is 281 Å². The minimum atomic E-state index is -4.30. The van der Waals surface area contributed by atoms with E-state index in [0.29, 0.717) is 11.6 Å². The fourth-order valence-electron chi connectivity index (χ4n) is 5.29. The van der Waals surface area contributed by atoms with Gasteiger partial charge in [0.05, 0.1) is 22.3 Å². The van der Waals surface area contributed by atoms with E-state index in [1.54, 1.807) is 52.3 Å². The Kier molecular flexibility index (Phi) is 12.3. The number of aliphatic hydroxyl groups excluding tert-OH is 2. The summed E-state index contributed by atoms with van der Waals surface area (Å²) in [6.07, 6.45) is 1.89. The van der Waals surface area contributed by atoms with E-state index in [1.165, 1.54) is 12.8 Å². The van der Waals surface area contributed by atoms with Crippen LogP contribution in [0.5, 0.6) is 0 Å². The van der Waals surface area contributed by atoms with Gasteiger partial charge in [0.15, 0.2) is 6.23 Å². The van der Waals surface area contributed by atoms with Gasteiger partial charge in [-0.3, -0.25) is 27.4 Å². The van der Waals surface area contributed by atoms with Crippen molar-refractivity contribution in [3.8, 4) is 0 Å². The molecule has 4 rings (SSSR count). The summed E-state index contributed by atoms with van der Waals surface area (Å²) < 4.78 is 55.0. The summed E-state index contributed by atoms with van der Waals surface area (Å²) in [5, 5.41) is 22.6. The molecule has 1 aliphatic carbocycles. The number of aromatic nitrogens is 3. The first-order chi connectivity index (χ1) is 21.9. The van der Waals surface area contributed by atoms with Crippen LogP contribution in [-0.4, -0.2) is 84.0 Å². The lowest BCUT2D eigenvalue weighted by atomic mass is 9.98. The Bertz CT molecular complexity index is 1470. The number of ether oxygens (including phenoxy) is 3. The molecule has 2 aromatic heterocycles. The summed E-state index contributed by atoms with van der Waals surface area (Å²) >= 11 is 6.29. The van der Waals surface area contributed by atoms with Crippen molar-refractivity contribution >= 4 is 53.0 Å². The van der Waals surface area contributed by atoms with Crippen molar-refractivity contribution in [2.45, 2.75) is 98.2 Å². The van der Waals surface area contributed by atoms with Crippen molar-refractivity contribution in [1.29, 1.82) is 0 Å². The van der Waals surface area contributed by atoms with Gasteiger partial charge in [0, 0.05) is 22.4 Å². The van der Waals surface area contributed by atoms with E-state index in [1.807, 2.05) is 6.07 Å². The first-order valence-corrected chi connectivity index (χ1v) is 19.1. The summed E-state index contributed by atoms with van der Waals surface area (Å²) in [5.74, 6) is -1.14. The predicted octanol–water partition coefficient (Wildman–Crippen LogP) is 4.46. The first kappa shape index (κ1) is 37.8. The maximum absolute atomic E-state index is 13.6. The van der Waals surface area contributed by atoms with E-state index in [2.05, 4.69) is 9.97 Å². The molecule has 1 saturated carbocycles. The molecule has 3 heterocycles. The molecule has 2 aliphatic rings. The molecule has 0 bridgehead atoms. The number of rotatable bonds is 13. The first-order valence-electron chi connectivity index (χ1n) is 15.5. The Morgan fingerprint density at radius 3 is 2.15 bits per heavy atom. The second-order valence-corrected chi connectivity index (χ2v) is 18.3. The number of fused-ring (bicyclic) bond motifs is 1. The van der Waals surface area contributed by atoms with E-state index in [4.69, 9.17) is 34.9 Å². The Morgan fingerprint density at radius 2 is 1.60 bits per heavy atom. The lowest BCUT2D eigenvalue weighted by Gasteiger charge is -2.22. The smallest absolute Gasteiger partial charge is 0.348 e. The van der Waals surface area contributed by atoms with Crippen LogP contribution in [0.1, 0.15) is 79.1 Å². The molecular weight excluding hydrogens is 677 g/mol. The Hall–Kier alpha value is -1.97. The number of halogens is 1. The molecule has 0 spiro atoms. The van der Waals surface area contributed by atoms with Gasteiger partial charge in [-0.15, -0.1) is 0 Å². The summed E-state index contributed by atoms with van der Waals surface area (Å²) in [5.41, 5.74) is -1.22. The monoisotopic (exact) mass is 721 g/mol. The molecule has 0 aromatic carbocycles. The molecule has 14 nitrogen and oxygen atoms in total. The molecule has 2 N–H and O–H groups in total. The van der Waals surface area contributed by atoms with Gasteiger partial charge in [0.1, 0.15) is 29.5 Å². The van der Waals surface area contributed by atoms with Crippen LogP contribution in [0.2, 0.25) is 5.28 Å². The maximum atomic E-state index is 13.6. The highest BCUT2D eigenvalue weighted by Gasteiger charge is 2.45. The Morgan fingerprint density at radius 1 is 1.02 bits per heavy atom. The van der Waals surface area contributed by atoms with Crippen molar-refractivity contribution in [1.82, 2.24) is 14.5 Å². The van der Waals surface area contributed by atoms with Crippen LogP contribution < -0.4 is 0 Å². The van der Waals surface area contributed by atoms with Crippen LogP contribution in [0.25, 0.3) is 11.0 Å². The fourth-order valence-corrected chi connectivity index (χ4v) is 9.04. The molecule has 264 valence electrons. The molecule has 1 unspecified atom stereocenters. The van der Waals surface area contributed by atoms with E-state index >= 15 is 0 Å². The van der Waals surface area contributed by atoms with Crippen molar-refractivity contribution in [2.24, 2.45) is 16.7 Å². The van der Waals surface area contributed by atoms with Gasteiger partial charge in [-0.2, -0.15) is 4.98 Å². The number of hydrogen-bond acceptors (Lipinski definition) is 13. The number of carbonyl (C=O) groups is 2. The third-order valence-corrected chi connectivity index (χ3v) is 12.2. The molecule has 2 fully saturated rings. The second kappa shape index (κ2) is 15.3. The molecule has 1 aliphatic heterocycles. The van der Waals surface area contributed by atoms with Crippen LogP contribution >= 0.6 is 19.2 Å². The van der Waals surface area contributed by atoms with Crippen LogP contribution in [0.3, 0.4) is 0 Å². The third kappa shape index (κ3) is 9.81. The van der Waals surface area contributed by atoms with Gasteiger partial charge in [-0.25, -0.2) is 4.98 Å². The van der Waals surface area contributed by atoms with Crippen molar-refractivity contribution in [3.05, 3.63) is 23.2 Å². The van der Waals surface area contributed by atoms with Gasteiger partial charge < -0.3 is 29.0 Å². The summed E-state index contributed by atoms with van der Waals surface area (Å²) in [6, 6.07) is 1.81. The van der Waals surface area contributed by atoms with Gasteiger partial charge in [-0.1, -0.05) is 25.7 Å². The van der Waals surface area contributed by atoms with Gasteiger partial charge in [0.25, 0.3) is 0 Å². The van der Waals surface area contributed by atoms with E-state index in [0.717, 1.165) is 30.3 Å². The Balaban J connectivity index is 1.44. The maximum Gasteiger partial charge on any atom is 0.348 e. The zero-order chi connectivity index (χ0) is 34.7. The molecule has 5 atom stereocenters. The quantitative estimate of drug-likeness (QED) is 0.128. The summed E-state index contributed by atoms with van der Waals surface area (Å²) in [6.45, 7) is 8.18. The minimum Gasteiger partial charge on any atom is -0.438 e. The van der Waals surface area contributed by atoms with Gasteiger partial charge >= 0.3 is 19.5 Å². The minimum absolute atomic E-state index is 0.0493. The zero-order valence-corrected chi connectivity index (χ0v) is 30.0. The lowest BCUT2D eigenvalue weighted by molar-refractivity contribution is -0.161. The summed E-state index contributed by atoms with van der Waals surface area (Å²) in [4.78, 5) is 33.1. The number of esters is 2. The van der Waals surface area contributed by atoms with Gasteiger partial charge in [-0.05, 0) is 71.5 Å². The molecular formula is C30H45ClN3O11PS. The van der Waals surface area contributed by atoms with Crippen molar-refractivity contribution in [3.63, 3.8) is 0 Å². The zero-order valence-electron chi connectivity index (χ0n) is 27.5. The average molecular weight is 722 g/mol. The topological polar surface area (TPSA) is 186 Å². The highest BCUT2D eigenvalue weighted by atomic mass is 35.5. The SMILES string of the molecule is CC(C)(C)C(=O)OCOP(=O)(CS(=O)C[C@H]1O[C@@H](n2ccc3c(CC4CCCC4)nc(Cl)nc32)[C@H](O)[C@@H]1O)OCOC(=O)C(C)(C)C. The average Bonchev–Trinajstić information content (AvgIpc) is 3.68. The fraction of sp³-hybridized carbons (Fsp3) is 0.733. The normalized spacial score (nSPS) is 23.3. The van der Waals surface area contributed by atoms with Crippen LogP contribution in [0.15, 0.2) is 12.3 Å². The summed E-state index contributed by atoms with van der Waals surface area (Å²) in [7, 11) is -6.32. The standard InChI is InChI=1S/C30H45ClN3O11PS/c1-29(2,3)26(37)41-15-43-46(39,44-16-42-27(38)30(4,5)6)17-47(40)14-21-22(35)23(36)25(45-21)34-12-11-19-20(13-18-9-7-8-10-18)32-28(31)33-24(19)34/h11-12,18,21-23,25,35-36H,7-10,13-17H2,1-6H3/t21-,22-,23-,25-,47?/m1/s1. The van der Waals surface area contributed by atoms with Crippen LogP contribution in [0, 0.1) is 16.7 Å². The highest BCUT2D eigenvalue weighted by Crippen LogP contribution is 2.49. The molecule has 0 radical (unpaired) electrons. The van der Waals surface area contributed by atoms with E-state index in [-0.39, 0.29) is 11.0 Å². The number of aliphatic hydroxyl groups is 2. The molecule has 1 saturated heterocycles. The largest absolute Gasteiger partial charge is 0.438 e. The van der Waals surface area contributed by atoms with Crippen molar-refractivity contribution < 1.29 is 51.8 Å². The molecule has 2 aromatic rings. The van der Waals surface area contributed by atoms with Gasteiger partial charge in [0.2, 0.25) is 18.9 Å². The van der Waals surface area contributed by atoms with Crippen molar-refractivity contribution in [2.75, 3.05) is 24.8 Å². The number of nitrogens with zero attached hydrogens (tertiary/aromatic N) is 3. The lowest BCUT2D eigenvalue weighted by Crippen LogP contribution is -2.34. The molecule has 17 heteroatoms. The van der Waals surface area contributed by atoms with E-state index < -0.39 is 84.8 Å². The van der Waals surface area contributed by atoms with E-state index in [9.17, 15) is 28.6 Å². The number of carbonyl (C=O) groups excluding carboxylic acids is 2. The molecule has 0 amide bonds.